The van der Waals surface area contributed by atoms with E-state index < -0.39 is 0 Å². The molecule has 2 aromatic heterocycles. The quantitative estimate of drug-likeness (QED) is 0.715. The van der Waals surface area contributed by atoms with E-state index in [4.69, 9.17) is 4.42 Å². The van der Waals surface area contributed by atoms with Crippen LogP contribution in [0.3, 0.4) is 0 Å². The van der Waals surface area contributed by atoms with Crippen LogP contribution in [0.1, 0.15) is 11.6 Å². The third-order valence-corrected chi connectivity index (χ3v) is 3.52. The number of thiazole rings is 1. The van der Waals surface area contributed by atoms with E-state index in [1.54, 1.807) is 6.92 Å². The van der Waals surface area contributed by atoms with Crippen LogP contribution in [0.2, 0.25) is 0 Å². The van der Waals surface area contributed by atoms with Crippen molar-refractivity contribution in [3.8, 4) is 15.6 Å². The van der Waals surface area contributed by atoms with Gasteiger partial charge in [-0.25, -0.2) is 9.97 Å². The predicted octanol–water partition coefficient (Wildman–Crippen LogP) is 3.27. The normalized spacial score (nSPS) is 11.2. The Balaban J connectivity index is 2.16. The second-order valence-electron chi connectivity index (χ2n) is 3.82. The lowest BCUT2D eigenvalue weighted by atomic mass is 10.2. The Morgan fingerprint density at radius 1 is 1.24 bits per heavy atom. The summed E-state index contributed by atoms with van der Waals surface area (Å²) in [5.41, 5.74) is 3.18. The van der Waals surface area contributed by atoms with Gasteiger partial charge in [-0.3, -0.25) is 0 Å². The largest absolute Gasteiger partial charge is 0.498 e. The van der Waals surface area contributed by atoms with Gasteiger partial charge >= 0.3 is 0 Å². The minimum Gasteiger partial charge on any atom is -0.498 e. The third-order valence-electron chi connectivity index (χ3n) is 2.51. The van der Waals surface area contributed by atoms with Gasteiger partial charge in [-0.05, 0) is 25.1 Å². The van der Waals surface area contributed by atoms with Crippen LogP contribution in [0, 0.1) is 13.8 Å². The van der Waals surface area contributed by atoms with Crippen LogP contribution in [0.4, 0.5) is 0 Å². The van der Waals surface area contributed by atoms with Crippen LogP contribution in [-0.4, -0.2) is 15.1 Å². The van der Waals surface area contributed by atoms with Gasteiger partial charge in [-0.2, -0.15) is 0 Å². The first-order chi connectivity index (χ1) is 8.13. The molecule has 0 fully saturated rings. The van der Waals surface area contributed by atoms with Crippen molar-refractivity contribution in [3.63, 3.8) is 0 Å². The second kappa shape index (κ2) is 3.56. The highest BCUT2D eigenvalue weighted by Crippen LogP contribution is 2.33. The van der Waals surface area contributed by atoms with Gasteiger partial charge in [0.05, 0.1) is 5.69 Å². The molecule has 0 spiro atoms. The molecule has 86 valence electrons. The summed E-state index contributed by atoms with van der Waals surface area (Å²) in [5.74, 6) is 0.648. The molecule has 0 atom stereocenters. The van der Waals surface area contributed by atoms with Gasteiger partial charge in [-0.1, -0.05) is 11.3 Å². The minimum atomic E-state index is 0.261. The van der Waals surface area contributed by atoms with Crippen LogP contribution in [-0.2, 0) is 0 Å². The number of aryl methyl sites for hydroxylation is 2. The van der Waals surface area contributed by atoms with Crippen molar-refractivity contribution in [2.75, 3.05) is 0 Å². The Morgan fingerprint density at radius 3 is 2.76 bits per heavy atom. The number of fused-ring (bicyclic) bond motifs is 1. The van der Waals surface area contributed by atoms with Crippen molar-refractivity contribution in [3.05, 3.63) is 29.8 Å². The molecule has 0 saturated heterocycles. The molecule has 0 aliphatic heterocycles. The molecule has 5 heteroatoms. The van der Waals surface area contributed by atoms with E-state index in [1.807, 2.05) is 25.1 Å². The van der Waals surface area contributed by atoms with Crippen LogP contribution >= 0.6 is 11.3 Å². The van der Waals surface area contributed by atoms with E-state index in [1.165, 1.54) is 11.3 Å². The Hall–Kier alpha value is -1.88. The first kappa shape index (κ1) is 10.3. The predicted molar refractivity (Wildman–Crippen MR) is 66.3 cm³/mol. The molecule has 0 aliphatic carbocycles. The van der Waals surface area contributed by atoms with Gasteiger partial charge in [0.1, 0.15) is 10.5 Å². The number of benzene rings is 1. The molecular weight excluding hydrogens is 236 g/mol. The van der Waals surface area contributed by atoms with E-state index in [0.29, 0.717) is 11.6 Å². The van der Waals surface area contributed by atoms with Gasteiger partial charge in [0.15, 0.2) is 16.5 Å². The summed E-state index contributed by atoms with van der Waals surface area (Å²) >= 11 is 1.27. The molecule has 17 heavy (non-hydrogen) atoms. The fraction of sp³-hybridized carbons (Fsp3) is 0.167. The molecule has 2 heterocycles. The van der Waals surface area contributed by atoms with E-state index >= 15 is 0 Å². The molecule has 0 saturated carbocycles. The molecular formula is C12H10N2O2S. The molecule has 0 unspecified atom stereocenters. The van der Waals surface area contributed by atoms with Crippen molar-refractivity contribution in [1.82, 2.24) is 9.97 Å². The molecule has 0 amide bonds. The summed E-state index contributed by atoms with van der Waals surface area (Å²) in [7, 11) is 0. The van der Waals surface area contributed by atoms with Crippen LogP contribution < -0.4 is 0 Å². The van der Waals surface area contributed by atoms with E-state index in [2.05, 4.69) is 9.97 Å². The smallest absolute Gasteiger partial charge is 0.195 e. The number of hydrogen-bond acceptors (Lipinski definition) is 5. The van der Waals surface area contributed by atoms with Crippen LogP contribution in [0.5, 0.6) is 5.06 Å². The van der Waals surface area contributed by atoms with Crippen molar-refractivity contribution >= 4 is 22.4 Å². The van der Waals surface area contributed by atoms with E-state index in [9.17, 15) is 5.11 Å². The fourth-order valence-corrected chi connectivity index (χ4v) is 2.49. The third kappa shape index (κ3) is 1.68. The maximum atomic E-state index is 9.54. The number of aromatic hydroxyl groups is 1. The maximum absolute atomic E-state index is 9.54. The van der Waals surface area contributed by atoms with E-state index in [-0.39, 0.29) is 5.06 Å². The first-order valence-corrected chi connectivity index (χ1v) is 5.99. The average molecular weight is 246 g/mol. The monoisotopic (exact) mass is 246 g/mol. The molecule has 3 aromatic rings. The topological polar surface area (TPSA) is 59.2 Å². The average Bonchev–Trinajstić information content (AvgIpc) is 2.80. The Kier molecular flexibility index (Phi) is 2.16. The maximum Gasteiger partial charge on any atom is 0.195 e. The van der Waals surface area contributed by atoms with Crippen molar-refractivity contribution < 1.29 is 9.52 Å². The number of rotatable bonds is 1. The SMILES string of the molecule is Cc1nc2cc(-c3nc(C)c(O)s3)ccc2o1. The zero-order valence-corrected chi connectivity index (χ0v) is 10.2. The summed E-state index contributed by atoms with van der Waals surface area (Å²) < 4.78 is 5.41. The summed E-state index contributed by atoms with van der Waals surface area (Å²) in [6.07, 6.45) is 0. The zero-order valence-electron chi connectivity index (χ0n) is 9.39. The molecule has 0 radical (unpaired) electrons. The molecule has 0 aliphatic rings. The standard InChI is InChI=1S/C12H10N2O2S/c1-6-12(15)17-11(13-6)8-3-4-10-9(5-8)14-7(2)16-10/h3-5,15H,1-2H3. The van der Waals surface area contributed by atoms with Gasteiger partial charge in [0, 0.05) is 12.5 Å². The highest BCUT2D eigenvalue weighted by Gasteiger charge is 2.10. The van der Waals surface area contributed by atoms with Gasteiger partial charge in [0.25, 0.3) is 0 Å². The minimum absolute atomic E-state index is 0.261. The zero-order chi connectivity index (χ0) is 12.0. The first-order valence-electron chi connectivity index (χ1n) is 5.17. The summed E-state index contributed by atoms with van der Waals surface area (Å²) in [4.78, 5) is 8.58. The Morgan fingerprint density at radius 2 is 2.06 bits per heavy atom. The van der Waals surface area contributed by atoms with Crippen molar-refractivity contribution in [2.24, 2.45) is 0 Å². The lowest BCUT2D eigenvalue weighted by Gasteiger charge is -1.94. The molecule has 4 nitrogen and oxygen atoms in total. The molecule has 1 N–H and O–H groups in total. The van der Waals surface area contributed by atoms with Gasteiger partial charge in [-0.15, -0.1) is 0 Å². The summed E-state index contributed by atoms with van der Waals surface area (Å²) in [6, 6.07) is 5.71. The fourth-order valence-electron chi connectivity index (χ4n) is 1.69. The van der Waals surface area contributed by atoms with Crippen molar-refractivity contribution in [1.29, 1.82) is 0 Å². The number of nitrogens with zero attached hydrogens (tertiary/aromatic N) is 2. The highest BCUT2D eigenvalue weighted by molar-refractivity contribution is 7.16. The van der Waals surface area contributed by atoms with Crippen LogP contribution in [0.15, 0.2) is 22.6 Å². The second-order valence-corrected chi connectivity index (χ2v) is 4.80. The molecule has 0 bridgehead atoms. The highest BCUT2D eigenvalue weighted by atomic mass is 32.1. The molecule has 3 rings (SSSR count). The summed E-state index contributed by atoms with van der Waals surface area (Å²) in [6.45, 7) is 3.60. The number of oxazole rings is 1. The van der Waals surface area contributed by atoms with E-state index in [0.717, 1.165) is 21.7 Å². The van der Waals surface area contributed by atoms with Crippen LogP contribution in [0.25, 0.3) is 21.7 Å². The lowest BCUT2D eigenvalue weighted by molar-refractivity contribution is 0.485. The Labute approximate surface area is 102 Å². The van der Waals surface area contributed by atoms with Gasteiger partial charge in [0.2, 0.25) is 0 Å². The van der Waals surface area contributed by atoms with Crippen molar-refractivity contribution in [2.45, 2.75) is 13.8 Å². The Bertz CT molecular complexity index is 680. The number of aromatic nitrogens is 2. The van der Waals surface area contributed by atoms with Gasteiger partial charge < -0.3 is 9.52 Å². The summed E-state index contributed by atoms with van der Waals surface area (Å²) in [5, 5.41) is 10.6. The lowest BCUT2D eigenvalue weighted by Crippen LogP contribution is -1.77. The molecule has 1 aromatic carbocycles. The number of hydrogen-bond donors (Lipinski definition) is 1.